The third-order valence-electron chi connectivity index (χ3n) is 4.85. The second-order valence-electron chi connectivity index (χ2n) is 7.66. The molecule has 0 aliphatic rings. The van der Waals surface area contributed by atoms with Crippen LogP contribution in [0.2, 0.25) is 5.02 Å². The van der Waals surface area contributed by atoms with Crippen molar-refractivity contribution in [3.8, 4) is 17.2 Å². The second-order valence-corrected chi connectivity index (χ2v) is 8.10. The Morgan fingerprint density at radius 1 is 0.973 bits per heavy atom. The average molecular weight is 524 g/mol. The van der Waals surface area contributed by atoms with E-state index in [1.807, 2.05) is 6.92 Å². The van der Waals surface area contributed by atoms with Crippen molar-refractivity contribution in [2.24, 2.45) is 5.10 Å². The van der Waals surface area contributed by atoms with Gasteiger partial charge in [-0.1, -0.05) is 24.6 Å². The molecule has 9 nitrogen and oxygen atoms in total. The number of esters is 1. The molecular weight excluding hydrogens is 498 g/mol. The highest BCUT2D eigenvalue weighted by Crippen LogP contribution is 2.28. The molecule has 0 unspecified atom stereocenters. The van der Waals surface area contributed by atoms with Gasteiger partial charge < -0.3 is 19.5 Å². The number of ether oxygens (including phenoxy) is 3. The molecule has 37 heavy (non-hydrogen) atoms. The quantitative estimate of drug-likeness (QED) is 0.168. The maximum Gasteiger partial charge on any atom is 0.343 e. The molecule has 3 aromatic carbocycles. The molecule has 0 saturated carbocycles. The van der Waals surface area contributed by atoms with E-state index in [1.54, 1.807) is 60.7 Å². The Morgan fingerprint density at radius 3 is 2.46 bits per heavy atom. The molecule has 2 N–H and O–H groups in total. The van der Waals surface area contributed by atoms with Crippen molar-refractivity contribution in [3.05, 3.63) is 88.4 Å². The summed E-state index contributed by atoms with van der Waals surface area (Å²) in [6.07, 6.45) is 2.28. The third-order valence-corrected chi connectivity index (χ3v) is 5.09. The van der Waals surface area contributed by atoms with Crippen LogP contribution in [0.25, 0.3) is 0 Å². The minimum absolute atomic E-state index is 0.226. The first-order chi connectivity index (χ1) is 17.9. The highest BCUT2D eigenvalue weighted by molar-refractivity contribution is 6.31. The van der Waals surface area contributed by atoms with Gasteiger partial charge in [-0.2, -0.15) is 5.10 Å². The van der Waals surface area contributed by atoms with Crippen LogP contribution in [0.1, 0.15) is 39.6 Å². The molecule has 0 saturated heterocycles. The number of hydrogen-bond donors (Lipinski definition) is 2. The lowest BCUT2D eigenvalue weighted by molar-refractivity contribution is -0.120. The van der Waals surface area contributed by atoms with Gasteiger partial charge >= 0.3 is 5.97 Å². The van der Waals surface area contributed by atoms with Crippen molar-refractivity contribution < 1.29 is 28.6 Å². The number of halogens is 1. The minimum Gasteiger partial charge on any atom is -0.494 e. The number of carbonyl (C=O) groups is 3. The molecule has 0 aliphatic carbocycles. The van der Waals surface area contributed by atoms with Crippen LogP contribution in [0, 0.1) is 0 Å². The van der Waals surface area contributed by atoms with Crippen LogP contribution in [0.3, 0.4) is 0 Å². The van der Waals surface area contributed by atoms with Gasteiger partial charge in [0.25, 0.3) is 11.8 Å². The molecule has 0 spiro atoms. The van der Waals surface area contributed by atoms with Gasteiger partial charge in [-0.15, -0.1) is 0 Å². The number of nitrogens with one attached hydrogen (secondary N) is 2. The molecule has 0 bridgehead atoms. The summed E-state index contributed by atoms with van der Waals surface area (Å²) >= 11 is 5.87. The number of amides is 2. The normalized spacial score (nSPS) is 10.6. The smallest absolute Gasteiger partial charge is 0.343 e. The van der Waals surface area contributed by atoms with Gasteiger partial charge in [-0.25, -0.2) is 10.2 Å². The number of hydrazone groups is 1. The fourth-order valence-electron chi connectivity index (χ4n) is 3.03. The Balaban J connectivity index is 1.53. The predicted molar refractivity (Wildman–Crippen MR) is 140 cm³/mol. The standard InChI is InChI=1S/C27H26ClN3O6/c1-3-13-36-22-10-8-19(9-11-22)27(34)37-23-12-7-18(14-24(23)35-2)16-30-31-25(32)17-29-26(33)20-5-4-6-21(28)15-20/h4-12,14-16H,3,13,17H2,1-2H3,(H,29,33)(H,31,32). The highest BCUT2D eigenvalue weighted by Gasteiger charge is 2.13. The van der Waals surface area contributed by atoms with Crippen LogP contribution < -0.4 is 25.0 Å². The van der Waals surface area contributed by atoms with E-state index in [0.29, 0.717) is 39.8 Å². The Bertz CT molecular complexity index is 1280. The van der Waals surface area contributed by atoms with Crippen molar-refractivity contribution in [2.45, 2.75) is 13.3 Å². The molecule has 0 atom stereocenters. The highest BCUT2D eigenvalue weighted by atomic mass is 35.5. The van der Waals surface area contributed by atoms with Gasteiger partial charge in [0.2, 0.25) is 0 Å². The maximum absolute atomic E-state index is 12.5. The molecule has 0 heterocycles. The van der Waals surface area contributed by atoms with E-state index in [9.17, 15) is 14.4 Å². The maximum atomic E-state index is 12.5. The lowest BCUT2D eigenvalue weighted by Gasteiger charge is -2.10. The Labute approximate surface area is 219 Å². The summed E-state index contributed by atoms with van der Waals surface area (Å²) in [5, 5.41) is 6.78. The Hall–Kier alpha value is -4.37. The zero-order valence-corrected chi connectivity index (χ0v) is 21.1. The van der Waals surface area contributed by atoms with Crippen molar-refractivity contribution in [3.63, 3.8) is 0 Å². The average Bonchev–Trinajstić information content (AvgIpc) is 2.91. The van der Waals surface area contributed by atoms with E-state index >= 15 is 0 Å². The number of hydrogen-bond acceptors (Lipinski definition) is 7. The molecule has 0 aromatic heterocycles. The summed E-state index contributed by atoms with van der Waals surface area (Å²) in [6, 6.07) is 17.8. The first-order valence-electron chi connectivity index (χ1n) is 11.4. The topological polar surface area (TPSA) is 115 Å². The van der Waals surface area contributed by atoms with Gasteiger partial charge in [0.1, 0.15) is 5.75 Å². The summed E-state index contributed by atoms with van der Waals surface area (Å²) < 4.78 is 16.3. The molecule has 0 fully saturated rings. The molecular formula is C27H26ClN3O6. The zero-order chi connectivity index (χ0) is 26.6. The van der Waals surface area contributed by atoms with E-state index in [4.69, 9.17) is 25.8 Å². The van der Waals surface area contributed by atoms with E-state index in [1.165, 1.54) is 19.4 Å². The fourth-order valence-corrected chi connectivity index (χ4v) is 3.22. The summed E-state index contributed by atoms with van der Waals surface area (Å²) in [5.41, 5.74) is 3.61. The summed E-state index contributed by atoms with van der Waals surface area (Å²) in [6.45, 7) is 2.34. The molecule has 3 aromatic rings. The number of nitrogens with zero attached hydrogens (tertiary/aromatic N) is 1. The van der Waals surface area contributed by atoms with Crippen molar-refractivity contribution in [1.82, 2.24) is 10.7 Å². The fraction of sp³-hybridized carbons (Fsp3) is 0.185. The third kappa shape index (κ3) is 8.36. The first-order valence-corrected chi connectivity index (χ1v) is 11.8. The molecule has 3 rings (SSSR count). The van der Waals surface area contributed by atoms with Crippen molar-refractivity contribution in [2.75, 3.05) is 20.3 Å². The lowest BCUT2D eigenvalue weighted by atomic mass is 10.2. The van der Waals surface area contributed by atoms with Gasteiger partial charge in [0, 0.05) is 10.6 Å². The monoisotopic (exact) mass is 523 g/mol. The van der Waals surface area contributed by atoms with Gasteiger partial charge in [0.05, 0.1) is 32.0 Å². The van der Waals surface area contributed by atoms with Crippen LogP contribution in [-0.4, -0.2) is 44.3 Å². The summed E-state index contributed by atoms with van der Waals surface area (Å²) in [5.74, 6) is -0.291. The van der Waals surface area contributed by atoms with E-state index in [2.05, 4.69) is 15.8 Å². The van der Waals surface area contributed by atoms with Crippen LogP contribution in [-0.2, 0) is 4.79 Å². The molecule has 192 valence electrons. The number of rotatable bonds is 11. The SMILES string of the molecule is CCCOc1ccc(C(=O)Oc2ccc(C=NNC(=O)CNC(=O)c3cccc(Cl)c3)cc2OC)cc1. The molecule has 10 heteroatoms. The second kappa shape index (κ2) is 13.6. The van der Waals surface area contributed by atoms with Crippen LogP contribution in [0.4, 0.5) is 0 Å². The number of benzene rings is 3. The van der Waals surface area contributed by atoms with E-state index < -0.39 is 17.8 Å². The first kappa shape index (κ1) is 27.2. The van der Waals surface area contributed by atoms with Crippen LogP contribution in [0.15, 0.2) is 71.8 Å². The summed E-state index contributed by atoms with van der Waals surface area (Å²) in [4.78, 5) is 36.6. The molecule has 0 aliphatic heterocycles. The van der Waals surface area contributed by atoms with Crippen molar-refractivity contribution >= 4 is 35.6 Å². The predicted octanol–water partition coefficient (Wildman–Crippen LogP) is 4.24. The number of methoxy groups -OCH3 is 1. The number of carbonyl (C=O) groups excluding carboxylic acids is 3. The van der Waals surface area contributed by atoms with Crippen LogP contribution in [0.5, 0.6) is 17.2 Å². The van der Waals surface area contributed by atoms with Crippen molar-refractivity contribution in [1.29, 1.82) is 0 Å². The van der Waals surface area contributed by atoms with E-state index in [-0.39, 0.29) is 12.3 Å². The van der Waals surface area contributed by atoms with Gasteiger partial charge in [0.15, 0.2) is 11.5 Å². The minimum atomic E-state index is -0.547. The zero-order valence-electron chi connectivity index (χ0n) is 20.3. The Morgan fingerprint density at radius 2 is 1.76 bits per heavy atom. The van der Waals surface area contributed by atoms with Gasteiger partial charge in [-0.3, -0.25) is 9.59 Å². The van der Waals surface area contributed by atoms with E-state index in [0.717, 1.165) is 6.42 Å². The molecule has 2 amide bonds. The largest absolute Gasteiger partial charge is 0.494 e. The summed E-state index contributed by atoms with van der Waals surface area (Å²) in [7, 11) is 1.44. The lowest BCUT2D eigenvalue weighted by Crippen LogP contribution is -2.34. The van der Waals surface area contributed by atoms with Gasteiger partial charge in [-0.05, 0) is 72.6 Å². The Kier molecular flexibility index (Phi) is 10.0. The molecule has 0 radical (unpaired) electrons. The van der Waals surface area contributed by atoms with Crippen LogP contribution >= 0.6 is 11.6 Å².